The molecule has 0 bridgehead atoms. The molecular weight excluding hydrogens is 244 g/mol. The van der Waals surface area contributed by atoms with Gasteiger partial charge >= 0.3 is 0 Å². The van der Waals surface area contributed by atoms with E-state index in [0.717, 1.165) is 11.5 Å². The lowest BCUT2D eigenvalue weighted by molar-refractivity contribution is -0.119. The molecule has 2 heterocycles. The molecule has 0 aliphatic rings. The first-order valence-electron chi connectivity index (χ1n) is 6.15. The van der Waals surface area contributed by atoms with E-state index in [1.165, 1.54) is 0 Å². The molecule has 2 aromatic rings. The normalized spacial score (nSPS) is 10.5. The fourth-order valence-corrected chi connectivity index (χ4v) is 1.83. The highest BCUT2D eigenvalue weighted by Crippen LogP contribution is 2.19. The van der Waals surface area contributed by atoms with Crippen molar-refractivity contribution in [2.24, 2.45) is 0 Å². The van der Waals surface area contributed by atoms with Crippen LogP contribution in [0, 0.1) is 0 Å². The lowest BCUT2D eigenvalue weighted by Gasteiger charge is -2.18. The van der Waals surface area contributed by atoms with E-state index in [1.54, 1.807) is 18.1 Å². The van der Waals surface area contributed by atoms with Crippen LogP contribution < -0.4 is 15.5 Å². The molecular formula is C12H18N6O. The van der Waals surface area contributed by atoms with Crippen molar-refractivity contribution >= 4 is 23.2 Å². The summed E-state index contributed by atoms with van der Waals surface area (Å²) in [5.41, 5.74) is 0.728. The van der Waals surface area contributed by atoms with Gasteiger partial charge in [-0.1, -0.05) is 0 Å². The van der Waals surface area contributed by atoms with Gasteiger partial charge < -0.3 is 19.9 Å². The molecule has 0 fully saturated rings. The van der Waals surface area contributed by atoms with E-state index >= 15 is 0 Å². The molecule has 19 heavy (non-hydrogen) atoms. The number of likely N-dealkylation sites (N-methyl/N-ethyl adjacent to an activating group) is 2. The number of nitrogens with zero attached hydrogens (tertiary/aromatic N) is 4. The van der Waals surface area contributed by atoms with E-state index < -0.39 is 0 Å². The minimum absolute atomic E-state index is 0.0358. The Kier molecular flexibility index (Phi) is 3.84. The summed E-state index contributed by atoms with van der Waals surface area (Å²) in [7, 11) is 3.63. The number of fused-ring (bicyclic) bond motifs is 1. The van der Waals surface area contributed by atoms with Crippen molar-refractivity contribution < 1.29 is 4.79 Å². The Morgan fingerprint density at radius 2 is 2.32 bits per heavy atom. The van der Waals surface area contributed by atoms with Gasteiger partial charge in [0.15, 0.2) is 11.5 Å². The summed E-state index contributed by atoms with van der Waals surface area (Å²) >= 11 is 0. The molecule has 2 aromatic heterocycles. The molecule has 0 aliphatic carbocycles. The van der Waals surface area contributed by atoms with Crippen LogP contribution in [0.2, 0.25) is 0 Å². The monoisotopic (exact) mass is 262 g/mol. The summed E-state index contributed by atoms with van der Waals surface area (Å²) in [5.74, 6) is 1.36. The summed E-state index contributed by atoms with van der Waals surface area (Å²) in [6, 6.07) is 0. The Hall–Kier alpha value is -2.31. The highest BCUT2D eigenvalue weighted by atomic mass is 16.2. The Bertz CT molecular complexity index is 579. The predicted octanol–water partition coefficient (Wildman–Crippen LogP) is 0.343. The molecule has 0 radical (unpaired) electrons. The predicted molar refractivity (Wildman–Crippen MR) is 74.5 cm³/mol. The molecule has 0 unspecified atom stereocenters. The summed E-state index contributed by atoms with van der Waals surface area (Å²) in [5, 5.41) is 5.76. The van der Waals surface area contributed by atoms with Crippen molar-refractivity contribution in [1.82, 2.24) is 19.7 Å². The molecule has 0 aromatic carbocycles. The highest BCUT2D eigenvalue weighted by Gasteiger charge is 2.14. The zero-order valence-corrected chi connectivity index (χ0v) is 11.3. The van der Waals surface area contributed by atoms with Crippen molar-refractivity contribution in [2.75, 3.05) is 37.4 Å². The fourth-order valence-electron chi connectivity index (χ4n) is 1.83. The second-order valence-electron chi connectivity index (χ2n) is 4.17. The molecule has 0 saturated heterocycles. The topological polar surface area (TPSA) is 74.6 Å². The van der Waals surface area contributed by atoms with E-state index in [2.05, 4.69) is 20.6 Å². The number of carbonyl (C=O) groups excluding carboxylic acids is 1. The third kappa shape index (κ3) is 2.75. The first-order valence-corrected chi connectivity index (χ1v) is 6.15. The molecule has 2 N–H and O–H groups in total. The molecule has 2 rings (SSSR count). The van der Waals surface area contributed by atoms with Crippen LogP contribution in [0.25, 0.3) is 5.65 Å². The van der Waals surface area contributed by atoms with E-state index in [-0.39, 0.29) is 12.5 Å². The van der Waals surface area contributed by atoms with Gasteiger partial charge in [0, 0.05) is 33.0 Å². The molecule has 7 heteroatoms. The highest BCUT2D eigenvalue weighted by molar-refractivity contribution is 5.82. The lowest BCUT2D eigenvalue weighted by Crippen LogP contribution is -2.35. The zero-order valence-electron chi connectivity index (χ0n) is 11.3. The quantitative estimate of drug-likeness (QED) is 0.813. The number of amides is 1. The largest absolute Gasteiger partial charge is 0.372 e. The number of nitrogens with one attached hydrogen (secondary N) is 2. The molecule has 0 aliphatic heterocycles. The Balaban J connectivity index is 2.32. The summed E-state index contributed by atoms with van der Waals surface area (Å²) in [6.45, 7) is 2.76. The second-order valence-corrected chi connectivity index (χ2v) is 4.17. The van der Waals surface area contributed by atoms with Crippen molar-refractivity contribution in [3.05, 3.63) is 18.6 Å². The van der Waals surface area contributed by atoms with Crippen LogP contribution in [0.3, 0.4) is 0 Å². The number of anilines is 2. The minimum Gasteiger partial charge on any atom is -0.372 e. The van der Waals surface area contributed by atoms with Gasteiger partial charge in [0.1, 0.15) is 5.82 Å². The maximum Gasteiger partial charge on any atom is 0.239 e. The molecule has 0 saturated carbocycles. The van der Waals surface area contributed by atoms with Gasteiger partial charge in [0.25, 0.3) is 0 Å². The maximum atomic E-state index is 11.6. The van der Waals surface area contributed by atoms with Crippen LogP contribution in [0.1, 0.15) is 6.92 Å². The number of hydrogen-bond acceptors (Lipinski definition) is 5. The molecule has 0 atom stereocenters. The average Bonchev–Trinajstić information content (AvgIpc) is 2.85. The van der Waals surface area contributed by atoms with Crippen LogP contribution in [-0.2, 0) is 4.79 Å². The maximum absolute atomic E-state index is 11.6. The first kappa shape index (κ1) is 13.1. The SMILES string of the molecule is CCNC(=O)CN(C)c1nc(NC)cn2ccnc12. The van der Waals surface area contributed by atoms with E-state index in [1.807, 2.05) is 30.8 Å². The van der Waals surface area contributed by atoms with Crippen LogP contribution in [0.4, 0.5) is 11.6 Å². The van der Waals surface area contributed by atoms with E-state index in [4.69, 9.17) is 0 Å². The Morgan fingerprint density at radius 3 is 3.00 bits per heavy atom. The minimum atomic E-state index is -0.0358. The molecule has 1 amide bonds. The van der Waals surface area contributed by atoms with Gasteiger partial charge in [-0.15, -0.1) is 0 Å². The van der Waals surface area contributed by atoms with Gasteiger partial charge in [0.2, 0.25) is 5.91 Å². The third-order valence-corrected chi connectivity index (χ3v) is 2.73. The molecule has 0 spiro atoms. The van der Waals surface area contributed by atoms with Crippen molar-refractivity contribution in [3.63, 3.8) is 0 Å². The van der Waals surface area contributed by atoms with Gasteiger partial charge in [-0.25, -0.2) is 9.97 Å². The standard InChI is InChI=1S/C12H18N6O/c1-4-14-10(19)8-17(3)12-11-15-5-6-18(11)7-9(13-2)16-12/h5-7,13H,4,8H2,1-3H3,(H,14,19). The van der Waals surface area contributed by atoms with Crippen LogP contribution in [0.15, 0.2) is 18.6 Å². The smallest absolute Gasteiger partial charge is 0.239 e. The summed E-state index contributed by atoms with van der Waals surface area (Å²) < 4.78 is 1.88. The third-order valence-electron chi connectivity index (χ3n) is 2.73. The van der Waals surface area contributed by atoms with Crippen molar-refractivity contribution in [2.45, 2.75) is 6.92 Å². The first-order chi connectivity index (χ1) is 9.15. The summed E-state index contributed by atoms with van der Waals surface area (Å²) in [6.07, 6.45) is 5.41. The number of aromatic nitrogens is 3. The number of carbonyl (C=O) groups is 1. The zero-order chi connectivity index (χ0) is 13.8. The van der Waals surface area contributed by atoms with Gasteiger partial charge in [-0.3, -0.25) is 4.79 Å². The lowest BCUT2D eigenvalue weighted by atomic mass is 10.4. The van der Waals surface area contributed by atoms with E-state index in [9.17, 15) is 4.79 Å². The van der Waals surface area contributed by atoms with E-state index in [0.29, 0.717) is 12.4 Å². The van der Waals surface area contributed by atoms with Crippen LogP contribution >= 0.6 is 0 Å². The average molecular weight is 262 g/mol. The van der Waals surface area contributed by atoms with Gasteiger partial charge in [-0.2, -0.15) is 0 Å². The van der Waals surface area contributed by atoms with Gasteiger partial charge in [-0.05, 0) is 6.92 Å². The Morgan fingerprint density at radius 1 is 1.53 bits per heavy atom. The van der Waals surface area contributed by atoms with Crippen LogP contribution in [0.5, 0.6) is 0 Å². The van der Waals surface area contributed by atoms with Crippen molar-refractivity contribution in [1.29, 1.82) is 0 Å². The molecule has 102 valence electrons. The number of hydrogen-bond donors (Lipinski definition) is 2. The Labute approximate surface area is 111 Å². The van der Waals surface area contributed by atoms with Gasteiger partial charge in [0.05, 0.1) is 12.7 Å². The fraction of sp³-hybridized carbons (Fsp3) is 0.417. The van der Waals surface area contributed by atoms with Crippen LogP contribution in [-0.4, -0.2) is 47.5 Å². The number of rotatable bonds is 5. The molecule has 7 nitrogen and oxygen atoms in total. The second kappa shape index (κ2) is 5.55. The summed E-state index contributed by atoms with van der Waals surface area (Å²) in [4.78, 5) is 22.1. The van der Waals surface area contributed by atoms with Crippen molar-refractivity contribution in [3.8, 4) is 0 Å². The number of imidazole rings is 1.